The lowest BCUT2D eigenvalue weighted by Crippen LogP contribution is -2.45. The van der Waals surface area contributed by atoms with E-state index in [0.29, 0.717) is 18.2 Å². The molecule has 1 unspecified atom stereocenters. The van der Waals surface area contributed by atoms with Crippen molar-refractivity contribution in [3.8, 4) is 11.8 Å². The Balaban J connectivity index is 1.82. The maximum absolute atomic E-state index is 8.45. The van der Waals surface area contributed by atoms with E-state index in [2.05, 4.69) is 12.2 Å². The average molecular weight is 260 g/mol. The molecule has 1 aromatic rings. The lowest BCUT2D eigenvalue weighted by Gasteiger charge is -2.36. The van der Waals surface area contributed by atoms with Gasteiger partial charge in [0.25, 0.3) is 0 Å². The van der Waals surface area contributed by atoms with Gasteiger partial charge >= 0.3 is 0 Å². The third-order valence-corrected chi connectivity index (χ3v) is 3.60. The summed E-state index contributed by atoms with van der Waals surface area (Å²) in [7, 11) is 1.77. The third kappa shape index (κ3) is 3.69. The van der Waals surface area contributed by atoms with Crippen LogP contribution in [-0.2, 0) is 4.74 Å². The van der Waals surface area contributed by atoms with Gasteiger partial charge < -0.3 is 14.8 Å². The number of nitrogens with one attached hydrogen (secondary N) is 1. The maximum Gasteiger partial charge on any atom is 0.174 e. The number of ether oxygens (including phenoxy) is 2. The molecule has 0 heterocycles. The van der Waals surface area contributed by atoms with Crippen LogP contribution in [0.15, 0.2) is 24.3 Å². The Bertz CT molecular complexity index is 432. The standard InChI is InChI=1S/C15H20N2O2/c1-11(17-13-9-15(10-13)18-2)12-3-5-14(6-4-12)19-8-7-16/h3-6,11,13,15,17H,8-10H2,1-2H3. The molecule has 19 heavy (non-hydrogen) atoms. The number of hydrogen-bond donors (Lipinski definition) is 1. The van der Waals surface area contributed by atoms with E-state index in [1.807, 2.05) is 30.3 Å². The zero-order chi connectivity index (χ0) is 13.7. The van der Waals surface area contributed by atoms with Crippen LogP contribution in [0.2, 0.25) is 0 Å². The topological polar surface area (TPSA) is 54.3 Å². The molecule has 1 aliphatic rings. The molecule has 1 saturated carbocycles. The highest BCUT2D eigenvalue weighted by atomic mass is 16.5. The highest BCUT2D eigenvalue weighted by Crippen LogP contribution is 2.26. The smallest absolute Gasteiger partial charge is 0.174 e. The van der Waals surface area contributed by atoms with Crippen LogP contribution in [0.4, 0.5) is 0 Å². The molecule has 0 radical (unpaired) electrons. The number of hydrogen-bond acceptors (Lipinski definition) is 4. The summed E-state index contributed by atoms with van der Waals surface area (Å²) >= 11 is 0. The van der Waals surface area contributed by atoms with Crippen LogP contribution in [0.5, 0.6) is 5.75 Å². The van der Waals surface area contributed by atoms with E-state index in [-0.39, 0.29) is 6.61 Å². The second-order valence-corrected chi connectivity index (χ2v) is 4.93. The molecule has 1 atom stereocenters. The molecule has 1 aromatic carbocycles. The van der Waals surface area contributed by atoms with Crippen LogP contribution >= 0.6 is 0 Å². The summed E-state index contributed by atoms with van der Waals surface area (Å²) in [5.41, 5.74) is 1.23. The van der Waals surface area contributed by atoms with E-state index >= 15 is 0 Å². The summed E-state index contributed by atoms with van der Waals surface area (Å²) in [6.07, 6.45) is 2.60. The van der Waals surface area contributed by atoms with Crippen LogP contribution in [0.25, 0.3) is 0 Å². The van der Waals surface area contributed by atoms with Gasteiger partial charge in [-0.3, -0.25) is 0 Å². The zero-order valence-corrected chi connectivity index (χ0v) is 11.4. The van der Waals surface area contributed by atoms with E-state index in [1.165, 1.54) is 5.56 Å². The Kier molecular flexibility index (Phi) is 4.78. The van der Waals surface area contributed by atoms with Crippen molar-refractivity contribution in [1.29, 1.82) is 5.26 Å². The number of nitriles is 1. The van der Waals surface area contributed by atoms with E-state index in [9.17, 15) is 0 Å². The molecule has 4 nitrogen and oxygen atoms in total. The lowest BCUT2D eigenvalue weighted by molar-refractivity contribution is 0.0147. The largest absolute Gasteiger partial charge is 0.479 e. The van der Waals surface area contributed by atoms with Crippen LogP contribution in [0, 0.1) is 11.3 Å². The first kappa shape index (κ1) is 13.9. The molecular weight excluding hydrogens is 240 g/mol. The summed E-state index contributed by atoms with van der Waals surface area (Å²) in [6, 6.07) is 10.7. The molecule has 1 fully saturated rings. The van der Waals surface area contributed by atoms with Gasteiger partial charge in [-0.1, -0.05) is 12.1 Å². The molecule has 1 aliphatic carbocycles. The predicted molar refractivity (Wildman–Crippen MR) is 72.9 cm³/mol. The molecule has 0 spiro atoms. The summed E-state index contributed by atoms with van der Waals surface area (Å²) < 4.78 is 10.5. The minimum atomic E-state index is 0.0909. The van der Waals surface area contributed by atoms with Gasteiger partial charge in [-0.2, -0.15) is 5.26 Å². The molecule has 0 bridgehead atoms. The Morgan fingerprint density at radius 3 is 2.63 bits per heavy atom. The first-order valence-corrected chi connectivity index (χ1v) is 6.61. The van der Waals surface area contributed by atoms with Crippen molar-refractivity contribution < 1.29 is 9.47 Å². The van der Waals surface area contributed by atoms with Gasteiger partial charge in [-0.05, 0) is 37.5 Å². The first-order chi connectivity index (χ1) is 9.22. The van der Waals surface area contributed by atoms with E-state index in [0.717, 1.165) is 18.6 Å². The summed E-state index contributed by atoms with van der Waals surface area (Å²) in [5, 5.41) is 12.0. The van der Waals surface area contributed by atoms with Crippen molar-refractivity contribution >= 4 is 0 Å². The van der Waals surface area contributed by atoms with Crippen molar-refractivity contribution in [3.63, 3.8) is 0 Å². The molecule has 2 rings (SSSR count). The number of methoxy groups -OCH3 is 1. The number of rotatable bonds is 6. The lowest BCUT2D eigenvalue weighted by atomic mass is 9.88. The van der Waals surface area contributed by atoms with Gasteiger partial charge in [0.1, 0.15) is 11.8 Å². The number of benzene rings is 1. The van der Waals surface area contributed by atoms with Gasteiger partial charge in [0.05, 0.1) is 6.10 Å². The summed E-state index contributed by atoms with van der Waals surface area (Å²) in [4.78, 5) is 0. The Labute approximate surface area is 114 Å². The molecule has 102 valence electrons. The fourth-order valence-electron chi connectivity index (χ4n) is 2.31. The SMILES string of the molecule is COC1CC(NC(C)c2ccc(OCC#N)cc2)C1. The highest BCUT2D eigenvalue weighted by Gasteiger charge is 2.29. The van der Waals surface area contributed by atoms with Crippen molar-refractivity contribution in [2.75, 3.05) is 13.7 Å². The van der Waals surface area contributed by atoms with Gasteiger partial charge in [-0.15, -0.1) is 0 Å². The van der Waals surface area contributed by atoms with Gasteiger partial charge in [0.2, 0.25) is 0 Å². The van der Waals surface area contributed by atoms with Crippen molar-refractivity contribution in [2.24, 2.45) is 0 Å². The monoisotopic (exact) mass is 260 g/mol. The zero-order valence-electron chi connectivity index (χ0n) is 11.4. The van der Waals surface area contributed by atoms with E-state index in [4.69, 9.17) is 14.7 Å². The molecule has 1 N–H and O–H groups in total. The first-order valence-electron chi connectivity index (χ1n) is 6.61. The minimum Gasteiger partial charge on any atom is -0.479 e. The van der Waals surface area contributed by atoms with E-state index < -0.39 is 0 Å². The third-order valence-electron chi connectivity index (χ3n) is 3.60. The molecule has 0 aromatic heterocycles. The van der Waals surface area contributed by atoms with Crippen molar-refractivity contribution in [3.05, 3.63) is 29.8 Å². The Morgan fingerprint density at radius 2 is 2.05 bits per heavy atom. The van der Waals surface area contributed by atoms with Crippen LogP contribution in [-0.4, -0.2) is 25.9 Å². The second-order valence-electron chi connectivity index (χ2n) is 4.93. The van der Waals surface area contributed by atoms with Crippen LogP contribution in [0.1, 0.15) is 31.4 Å². The van der Waals surface area contributed by atoms with Gasteiger partial charge in [0.15, 0.2) is 6.61 Å². The average Bonchev–Trinajstić information content (AvgIpc) is 2.40. The van der Waals surface area contributed by atoms with Crippen molar-refractivity contribution in [2.45, 2.75) is 38.0 Å². The molecule has 0 saturated heterocycles. The summed E-state index contributed by atoms with van der Waals surface area (Å²) in [5.74, 6) is 0.737. The quantitative estimate of drug-likeness (QED) is 0.853. The maximum atomic E-state index is 8.45. The molecule has 4 heteroatoms. The Hall–Kier alpha value is -1.57. The van der Waals surface area contributed by atoms with Gasteiger partial charge in [0, 0.05) is 19.2 Å². The van der Waals surface area contributed by atoms with Crippen LogP contribution in [0.3, 0.4) is 0 Å². The molecule has 0 amide bonds. The summed E-state index contributed by atoms with van der Waals surface area (Å²) in [6.45, 7) is 2.25. The normalized spacial score (nSPS) is 23.2. The van der Waals surface area contributed by atoms with E-state index in [1.54, 1.807) is 7.11 Å². The highest BCUT2D eigenvalue weighted by molar-refractivity contribution is 5.29. The molecular formula is C15H20N2O2. The fourth-order valence-corrected chi connectivity index (χ4v) is 2.31. The second kappa shape index (κ2) is 6.55. The van der Waals surface area contributed by atoms with Gasteiger partial charge in [-0.25, -0.2) is 0 Å². The Morgan fingerprint density at radius 1 is 1.37 bits per heavy atom. The molecule has 0 aliphatic heterocycles. The fraction of sp³-hybridized carbons (Fsp3) is 0.533. The number of nitrogens with zero attached hydrogens (tertiary/aromatic N) is 1. The predicted octanol–water partition coefficient (Wildman–Crippen LogP) is 2.42. The minimum absolute atomic E-state index is 0.0909. The van der Waals surface area contributed by atoms with Crippen molar-refractivity contribution in [1.82, 2.24) is 5.32 Å². The van der Waals surface area contributed by atoms with Crippen LogP contribution < -0.4 is 10.1 Å².